The van der Waals surface area contributed by atoms with Gasteiger partial charge in [0.1, 0.15) is 0 Å². The Labute approximate surface area is 84.2 Å². The third-order valence-corrected chi connectivity index (χ3v) is 3.98. The maximum atomic E-state index is 8.96. The van der Waals surface area contributed by atoms with Gasteiger partial charge in [-0.2, -0.15) is 0 Å². The lowest BCUT2D eigenvalue weighted by molar-refractivity contribution is 0.426. The standard InChI is InChI=1S/C7H13BClNO2Si/c1-13(2,3)10-4-6(8(11)12)7(9)5-10/h4-5,11-12H,1-3H3. The molecule has 0 saturated heterocycles. The van der Waals surface area contributed by atoms with Crippen molar-refractivity contribution in [3.05, 3.63) is 17.4 Å². The minimum absolute atomic E-state index is 0.379. The van der Waals surface area contributed by atoms with Crippen LogP contribution >= 0.6 is 11.6 Å². The van der Waals surface area contributed by atoms with Crippen LogP contribution in [0.1, 0.15) is 0 Å². The molecule has 0 radical (unpaired) electrons. The first-order valence-electron chi connectivity index (χ1n) is 4.06. The molecule has 13 heavy (non-hydrogen) atoms. The van der Waals surface area contributed by atoms with E-state index in [9.17, 15) is 0 Å². The summed E-state index contributed by atoms with van der Waals surface area (Å²) in [5.74, 6) is 0. The van der Waals surface area contributed by atoms with Crippen LogP contribution in [-0.4, -0.2) is 29.6 Å². The molecule has 1 rings (SSSR count). The molecule has 0 aliphatic carbocycles. The number of nitrogens with zero attached hydrogens (tertiary/aromatic N) is 1. The summed E-state index contributed by atoms with van der Waals surface area (Å²) in [4.78, 5) is 0. The molecule has 0 aromatic carbocycles. The predicted molar refractivity (Wildman–Crippen MR) is 58.0 cm³/mol. The van der Waals surface area contributed by atoms with Gasteiger partial charge in [0.05, 0.1) is 5.02 Å². The van der Waals surface area contributed by atoms with E-state index in [0.717, 1.165) is 0 Å². The molecular weight excluding hydrogens is 204 g/mol. The van der Waals surface area contributed by atoms with Gasteiger partial charge in [-0.1, -0.05) is 31.2 Å². The molecule has 1 aromatic heterocycles. The highest BCUT2D eigenvalue weighted by Gasteiger charge is 2.22. The van der Waals surface area contributed by atoms with Crippen molar-refractivity contribution in [1.82, 2.24) is 4.23 Å². The molecule has 0 saturated carbocycles. The normalized spacial score (nSPS) is 11.8. The Bertz CT molecular complexity index is 308. The summed E-state index contributed by atoms with van der Waals surface area (Å²) in [7, 11) is -2.96. The fourth-order valence-electron chi connectivity index (χ4n) is 1.02. The Morgan fingerprint density at radius 2 is 1.85 bits per heavy atom. The number of hydrogen-bond donors (Lipinski definition) is 2. The minimum atomic E-state index is -1.48. The fraction of sp³-hybridized carbons (Fsp3) is 0.429. The number of aromatic nitrogens is 1. The highest BCUT2D eigenvalue weighted by Crippen LogP contribution is 2.12. The van der Waals surface area contributed by atoms with Gasteiger partial charge in [0.2, 0.25) is 0 Å². The summed E-state index contributed by atoms with van der Waals surface area (Å²) < 4.78 is 1.99. The molecule has 0 aliphatic heterocycles. The van der Waals surface area contributed by atoms with Crippen molar-refractivity contribution >= 4 is 32.4 Å². The average Bonchev–Trinajstić information content (AvgIpc) is 2.29. The van der Waals surface area contributed by atoms with Gasteiger partial charge in [-0.25, -0.2) is 0 Å². The number of halogens is 1. The molecule has 0 amide bonds. The third kappa shape index (κ3) is 2.37. The molecular formula is C7H13BClNO2Si. The Morgan fingerprint density at radius 3 is 2.08 bits per heavy atom. The quantitative estimate of drug-likeness (QED) is 0.709. The monoisotopic (exact) mass is 217 g/mol. The molecule has 3 nitrogen and oxygen atoms in total. The first kappa shape index (κ1) is 10.9. The van der Waals surface area contributed by atoms with Crippen molar-refractivity contribution in [1.29, 1.82) is 0 Å². The van der Waals surface area contributed by atoms with E-state index >= 15 is 0 Å². The molecule has 1 heterocycles. The number of hydrogen-bond acceptors (Lipinski definition) is 2. The van der Waals surface area contributed by atoms with Gasteiger partial charge in [0, 0.05) is 11.7 Å². The Hall–Kier alpha value is -0.228. The van der Waals surface area contributed by atoms with Gasteiger partial charge in [-0.15, -0.1) is 0 Å². The van der Waals surface area contributed by atoms with Crippen LogP contribution in [0.15, 0.2) is 12.4 Å². The lowest BCUT2D eigenvalue weighted by Gasteiger charge is -2.17. The Balaban J connectivity index is 3.10. The first-order valence-corrected chi connectivity index (χ1v) is 7.89. The third-order valence-electron chi connectivity index (χ3n) is 1.86. The highest BCUT2D eigenvalue weighted by molar-refractivity contribution is 6.75. The van der Waals surface area contributed by atoms with E-state index in [2.05, 4.69) is 19.6 Å². The molecule has 0 bridgehead atoms. The second kappa shape index (κ2) is 3.49. The predicted octanol–water partition coefficient (Wildman–Crippen LogP) is 0.504. The smallest absolute Gasteiger partial charge is 0.423 e. The van der Waals surface area contributed by atoms with E-state index < -0.39 is 15.4 Å². The zero-order valence-corrected chi connectivity index (χ0v) is 9.71. The van der Waals surface area contributed by atoms with Crippen LogP contribution in [0.25, 0.3) is 0 Å². The molecule has 0 aliphatic rings. The van der Waals surface area contributed by atoms with E-state index in [1.807, 2.05) is 4.23 Å². The fourth-order valence-corrected chi connectivity index (χ4v) is 2.40. The number of rotatable bonds is 2. The maximum absolute atomic E-state index is 8.96. The van der Waals surface area contributed by atoms with Gasteiger partial charge < -0.3 is 14.3 Å². The van der Waals surface area contributed by atoms with E-state index in [0.29, 0.717) is 10.5 Å². The Morgan fingerprint density at radius 1 is 1.31 bits per heavy atom. The SMILES string of the molecule is C[Si](C)(C)n1cc(Cl)c(B(O)O)c1. The molecule has 6 heteroatoms. The van der Waals surface area contributed by atoms with Crippen LogP contribution < -0.4 is 5.46 Å². The lowest BCUT2D eigenvalue weighted by Crippen LogP contribution is -2.33. The highest BCUT2D eigenvalue weighted by atomic mass is 35.5. The molecule has 0 unspecified atom stereocenters. The van der Waals surface area contributed by atoms with Crippen LogP contribution in [0.4, 0.5) is 0 Å². The van der Waals surface area contributed by atoms with Crippen molar-refractivity contribution in [2.75, 3.05) is 0 Å². The first-order chi connectivity index (χ1) is 5.82. The molecule has 0 fully saturated rings. The van der Waals surface area contributed by atoms with Crippen molar-refractivity contribution in [2.45, 2.75) is 19.6 Å². The van der Waals surface area contributed by atoms with E-state index in [-0.39, 0.29) is 0 Å². The average molecular weight is 218 g/mol. The second-order valence-electron chi connectivity index (χ2n) is 4.01. The van der Waals surface area contributed by atoms with Crippen LogP contribution in [-0.2, 0) is 0 Å². The van der Waals surface area contributed by atoms with Crippen molar-refractivity contribution in [2.24, 2.45) is 0 Å². The largest absolute Gasteiger partial charge is 0.491 e. The minimum Gasteiger partial charge on any atom is -0.423 e. The summed E-state index contributed by atoms with van der Waals surface area (Å²) >= 11 is 5.83. The summed E-state index contributed by atoms with van der Waals surface area (Å²) in [5, 5.41) is 18.3. The molecule has 1 aromatic rings. The van der Waals surface area contributed by atoms with Crippen LogP contribution in [0, 0.1) is 0 Å². The van der Waals surface area contributed by atoms with E-state index in [4.69, 9.17) is 21.6 Å². The maximum Gasteiger partial charge on any atom is 0.491 e. The van der Waals surface area contributed by atoms with Crippen LogP contribution in [0.2, 0.25) is 24.7 Å². The second-order valence-corrected chi connectivity index (χ2v) is 9.28. The molecule has 0 spiro atoms. The zero-order valence-electron chi connectivity index (χ0n) is 7.95. The van der Waals surface area contributed by atoms with Gasteiger partial charge in [0.25, 0.3) is 0 Å². The summed E-state index contributed by atoms with van der Waals surface area (Å²) in [6.45, 7) is 6.45. The molecule has 72 valence electrons. The van der Waals surface area contributed by atoms with Crippen LogP contribution in [0.5, 0.6) is 0 Å². The van der Waals surface area contributed by atoms with Gasteiger partial charge in [-0.05, 0) is 6.20 Å². The van der Waals surface area contributed by atoms with E-state index in [1.54, 1.807) is 12.4 Å². The molecule has 0 atom stereocenters. The van der Waals surface area contributed by atoms with Crippen molar-refractivity contribution in [3.63, 3.8) is 0 Å². The van der Waals surface area contributed by atoms with Crippen molar-refractivity contribution in [3.8, 4) is 0 Å². The van der Waals surface area contributed by atoms with Gasteiger partial charge >= 0.3 is 7.12 Å². The summed E-state index contributed by atoms with van der Waals surface area (Å²) in [6, 6.07) is 0. The van der Waals surface area contributed by atoms with Gasteiger partial charge in [0.15, 0.2) is 8.24 Å². The Kier molecular flexibility index (Phi) is 2.92. The van der Waals surface area contributed by atoms with E-state index in [1.165, 1.54) is 0 Å². The zero-order chi connectivity index (χ0) is 10.2. The topological polar surface area (TPSA) is 45.4 Å². The van der Waals surface area contributed by atoms with Crippen LogP contribution in [0.3, 0.4) is 0 Å². The lowest BCUT2D eigenvalue weighted by atomic mass is 9.83. The summed E-state index contributed by atoms with van der Waals surface area (Å²) in [6.07, 6.45) is 3.46. The molecule has 2 N–H and O–H groups in total. The summed E-state index contributed by atoms with van der Waals surface area (Å²) in [5.41, 5.74) is 0.379. The van der Waals surface area contributed by atoms with Crippen molar-refractivity contribution < 1.29 is 10.0 Å². The van der Waals surface area contributed by atoms with Gasteiger partial charge in [-0.3, -0.25) is 0 Å².